The Morgan fingerprint density at radius 1 is 0.949 bits per heavy atom. The molecule has 1 amide bonds. The van der Waals surface area contributed by atoms with E-state index >= 15 is 0 Å². The highest BCUT2D eigenvalue weighted by Gasteiger charge is 2.52. The van der Waals surface area contributed by atoms with Crippen LogP contribution in [0.4, 0.5) is 4.79 Å². The molecule has 39 heavy (non-hydrogen) atoms. The predicted octanol–water partition coefficient (Wildman–Crippen LogP) is 6.56. The molecule has 3 aromatic rings. The van der Waals surface area contributed by atoms with Crippen molar-refractivity contribution in [2.24, 2.45) is 0 Å². The van der Waals surface area contributed by atoms with Gasteiger partial charge in [0.15, 0.2) is 0 Å². The molecule has 1 heterocycles. The molecule has 5 rings (SSSR count). The van der Waals surface area contributed by atoms with Gasteiger partial charge in [-0.05, 0) is 98.1 Å². The van der Waals surface area contributed by atoms with Crippen LogP contribution in [-0.2, 0) is 14.0 Å². The Hall–Kier alpha value is -3.55. The minimum Gasteiger partial charge on any atom is -0.508 e. The second kappa shape index (κ2) is 10.2. The number of rotatable bonds is 6. The van der Waals surface area contributed by atoms with E-state index < -0.39 is 24.4 Å². The predicted molar refractivity (Wildman–Crippen MR) is 155 cm³/mol. The first-order chi connectivity index (χ1) is 18.5. The number of carbonyl (C=O) groups is 1. The molecule has 3 aromatic carbocycles. The minimum atomic E-state index is -0.642. The summed E-state index contributed by atoms with van der Waals surface area (Å²) in [6.07, 6.45) is 1.48. The number of aryl methyl sites for hydroxylation is 2. The lowest BCUT2D eigenvalue weighted by molar-refractivity contribution is 0.00578. The van der Waals surface area contributed by atoms with Gasteiger partial charge in [-0.25, -0.2) is 4.79 Å². The molecular weight excluding hydrogens is 489 g/mol. The lowest BCUT2D eigenvalue weighted by Crippen LogP contribution is -2.41. The van der Waals surface area contributed by atoms with E-state index in [0.717, 1.165) is 22.2 Å². The number of nitrogens with one attached hydrogen (secondary N) is 1. The first-order valence-electron chi connectivity index (χ1n) is 13.4. The molecule has 1 aliphatic carbocycles. The Morgan fingerprint density at radius 3 is 2.00 bits per heavy atom. The van der Waals surface area contributed by atoms with E-state index in [4.69, 9.17) is 14.0 Å². The van der Waals surface area contributed by atoms with Crippen molar-refractivity contribution >= 4 is 19.3 Å². The van der Waals surface area contributed by atoms with Gasteiger partial charge in [-0.2, -0.15) is 0 Å². The Labute approximate surface area is 231 Å². The number of ether oxygens (including phenoxy) is 1. The highest BCUT2D eigenvalue weighted by atomic mass is 16.7. The summed E-state index contributed by atoms with van der Waals surface area (Å²) in [5.41, 5.74) is 7.21. The topological polar surface area (TPSA) is 77.0 Å². The monoisotopic (exact) mass is 525 g/mol. The third kappa shape index (κ3) is 5.21. The molecule has 2 N–H and O–H groups in total. The van der Waals surface area contributed by atoms with Crippen LogP contribution >= 0.6 is 0 Å². The van der Waals surface area contributed by atoms with Gasteiger partial charge in [-0.3, -0.25) is 0 Å². The van der Waals surface area contributed by atoms with Crippen LogP contribution in [0.1, 0.15) is 61.4 Å². The number of benzene rings is 3. The third-order valence-electron chi connectivity index (χ3n) is 8.24. The van der Waals surface area contributed by atoms with Crippen molar-refractivity contribution in [2.45, 2.75) is 58.7 Å². The van der Waals surface area contributed by atoms with Crippen LogP contribution in [0.2, 0.25) is 0 Å². The maximum absolute atomic E-state index is 13.0. The van der Waals surface area contributed by atoms with Gasteiger partial charge in [0.2, 0.25) is 0 Å². The first kappa shape index (κ1) is 27.0. The van der Waals surface area contributed by atoms with Gasteiger partial charge in [0, 0.05) is 12.5 Å². The first-order valence-corrected chi connectivity index (χ1v) is 13.4. The molecule has 0 aromatic heterocycles. The zero-order valence-electron chi connectivity index (χ0n) is 23.5. The van der Waals surface area contributed by atoms with E-state index in [-0.39, 0.29) is 24.8 Å². The zero-order chi connectivity index (χ0) is 27.9. The second-order valence-electron chi connectivity index (χ2n) is 11.5. The van der Waals surface area contributed by atoms with Gasteiger partial charge in [-0.1, -0.05) is 54.6 Å². The summed E-state index contributed by atoms with van der Waals surface area (Å²) in [6.45, 7) is 12.3. The normalized spacial score (nSPS) is 17.6. The second-order valence-corrected chi connectivity index (χ2v) is 11.5. The molecule has 0 saturated carbocycles. The fourth-order valence-corrected chi connectivity index (χ4v) is 5.39. The number of amides is 1. The molecule has 1 saturated heterocycles. The molecule has 1 aliphatic heterocycles. The average molecular weight is 525 g/mol. The maximum Gasteiger partial charge on any atom is 0.492 e. The van der Waals surface area contributed by atoms with Crippen molar-refractivity contribution in [2.75, 3.05) is 13.2 Å². The van der Waals surface area contributed by atoms with E-state index in [0.29, 0.717) is 0 Å². The molecule has 0 spiro atoms. The number of aromatic hydroxyl groups is 1. The Kier molecular flexibility index (Phi) is 7.08. The van der Waals surface area contributed by atoms with Gasteiger partial charge in [0.1, 0.15) is 12.4 Å². The smallest absolute Gasteiger partial charge is 0.492 e. The van der Waals surface area contributed by atoms with E-state index in [1.165, 1.54) is 22.3 Å². The molecule has 1 fully saturated rings. The highest BCUT2D eigenvalue weighted by molar-refractivity contribution is 6.56. The summed E-state index contributed by atoms with van der Waals surface area (Å²) in [5, 5.41) is 12.9. The van der Waals surface area contributed by atoms with Crippen LogP contribution in [0.3, 0.4) is 0 Å². The lowest BCUT2D eigenvalue weighted by atomic mass is 9.76. The van der Waals surface area contributed by atoms with Crippen LogP contribution in [0.25, 0.3) is 17.2 Å². The van der Waals surface area contributed by atoms with Gasteiger partial charge in [0.05, 0.1) is 11.2 Å². The fraction of sp³-hybridized carbons (Fsp3) is 0.344. The number of hydrogen-bond acceptors (Lipinski definition) is 5. The summed E-state index contributed by atoms with van der Waals surface area (Å²) in [4.78, 5) is 13.0. The minimum absolute atomic E-state index is 0.0106. The van der Waals surface area contributed by atoms with Crippen molar-refractivity contribution in [1.82, 2.24) is 5.32 Å². The quantitative estimate of drug-likeness (QED) is 0.357. The lowest BCUT2D eigenvalue weighted by Gasteiger charge is -2.32. The van der Waals surface area contributed by atoms with Crippen LogP contribution in [0, 0.1) is 13.8 Å². The van der Waals surface area contributed by atoms with Crippen molar-refractivity contribution < 1.29 is 23.9 Å². The summed E-state index contributed by atoms with van der Waals surface area (Å²) < 4.78 is 18.4. The molecule has 2 aliphatic rings. The number of phenolic OH excluding ortho intramolecular Hbond substituents is 1. The van der Waals surface area contributed by atoms with Gasteiger partial charge < -0.3 is 24.5 Å². The Balaban J connectivity index is 1.33. The average Bonchev–Trinajstić information content (AvgIpc) is 3.31. The van der Waals surface area contributed by atoms with Crippen molar-refractivity contribution in [3.05, 3.63) is 94.0 Å². The van der Waals surface area contributed by atoms with Crippen molar-refractivity contribution in [1.29, 1.82) is 0 Å². The summed E-state index contributed by atoms with van der Waals surface area (Å²) in [5.74, 6) is 0.208. The SMILES string of the molecule is Cc1cc(O)cc(C)c1C=C(CNC(=O)OCC1c2ccccc2-c2ccccc21)B1OC(C)(C)C(C)(C)O1. The van der Waals surface area contributed by atoms with Crippen LogP contribution in [0.5, 0.6) is 5.75 Å². The van der Waals surface area contributed by atoms with Gasteiger partial charge >= 0.3 is 13.2 Å². The number of alkyl carbamates (subject to hydrolysis) is 1. The number of phenols is 1. The van der Waals surface area contributed by atoms with Crippen LogP contribution in [-0.4, -0.2) is 42.7 Å². The Bertz CT molecular complexity index is 1360. The number of fused-ring (bicyclic) bond motifs is 3. The molecule has 202 valence electrons. The van der Waals surface area contributed by atoms with Crippen LogP contribution < -0.4 is 5.32 Å². The van der Waals surface area contributed by atoms with Crippen molar-refractivity contribution in [3.63, 3.8) is 0 Å². The molecule has 7 heteroatoms. The van der Waals surface area contributed by atoms with Gasteiger partial charge in [-0.15, -0.1) is 0 Å². The summed E-state index contributed by atoms with van der Waals surface area (Å²) in [6, 6.07) is 20.0. The van der Waals surface area contributed by atoms with Crippen LogP contribution in [0.15, 0.2) is 66.1 Å². The number of carbonyl (C=O) groups excluding carboxylic acids is 1. The fourth-order valence-electron chi connectivity index (χ4n) is 5.39. The molecular formula is C32H36BNO5. The summed E-state index contributed by atoms with van der Waals surface area (Å²) in [7, 11) is -0.642. The third-order valence-corrected chi connectivity index (χ3v) is 8.24. The molecule has 0 bridgehead atoms. The van der Waals surface area contributed by atoms with E-state index in [9.17, 15) is 9.90 Å². The summed E-state index contributed by atoms with van der Waals surface area (Å²) >= 11 is 0. The molecule has 0 radical (unpaired) electrons. The Morgan fingerprint density at radius 2 is 1.46 bits per heavy atom. The van der Waals surface area contributed by atoms with E-state index in [1.807, 2.05) is 71.9 Å². The van der Waals surface area contributed by atoms with E-state index in [1.54, 1.807) is 12.1 Å². The maximum atomic E-state index is 13.0. The largest absolute Gasteiger partial charge is 0.508 e. The zero-order valence-corrected chi connectivity index (χ0v) is 23.5. The molecule has 6 nitrogen and oxygen atoms in total. The number of hydrogen-bond donors (Lipinski definition) is 2. The standard InChI is InChI=1S/C32H36BNO5/c1-20-15-23(35)16-21(2)28(20)17-22(33-38-31(3,4)32(5,6)39-33)18-34-30(36)37-19-29-26-13-9-7-11-24(26)25-12-8-10-14-27(25)29/h7-17,29,35H,18-19H2,1-6H3,(H,34,36). The molecule has 0 unspecified atom stereocenters. The van der Waals surface area contributed by atoms with Crippen molar-refractivity contribution in [3.8, 4) is 16.9 Å². The highest BCUT2D eigenvalue weighted by Crippen LogP contribution is 2.44. The molecule has 0 atom stereocenters. The van der Waals surface area contributed by atoms with Gasteiger partial charge in [0.25, 0.3) is 0 Å². The van der Waals surface area contributed by atoms with E-state index in [2.05, 4.69) is 29.6 Å².